The van der Waals surface area contributed by atoms with Crippen molar-refractivity contribution in [1.29, 1.82) is 0 Å². The second-order valence-corrected chi connectivity index (χ2v) is 6.32. The van der Waals surface area contributed by atoms with Crippen LogP contribution in [0.2, 0.25) is 0 Å². The minimum atomic E-state index is -4.30. The lowest BCUT2D eigenvalue weighted by molar-refractivity contribution is -0.176. The highest BCUT2D eigenvalue weighted by Crippen LogP contribution is 2.15. The lowest BCUT2D eigenvalue weighted by Crippen LogP contribution is -2.36. The number of nitrogens with zero attached hydrogens (tertiary/aromatic N) is 1. The number of halogens is 4. The topological polar surface area (TPSA) is 45.7 Å². The lowest BCUT2D eigenvalue weighted by Gasteiger charge is -2.12. The van der Waals surface area contributed by atoms with Gasteiger partial charge >= 0.3 is 6.18 Å². The summed E-state index contributed by atoms with van der Waals surface area (Å²) >= 11 is 1.67. The summed E-state index contributed by atoms with van der Waals surface area (Å²) in [6.07, 6.45) is -4.30. The van der Waals surface area contributed by atoms with E-state index >= 15 is 0 Å². The third-order valence-electron chi connectivity index (χ3n) is 3.25. The molecule has 2 N–H and O–H groups in total. The molecule has 0 aliphatic heterocycles. The standard InChI is InChI=1S/C17H20F3N3OS.HI/c1-21-16(23-10-15-3-2-8-25-15)22-9-13-4-6-14(7-5-13)11-24-12-17(18,19)20;/h2-8H,9-12H2,1H3,(H2,21,22,23);1H. The first-order valence-electron chi connectivity index (χ1n) is 7.65. The molecule has 0 fully saturated rings. The van der Waals surface area contributed by atoms with E-state index in [2.05, 4.69) is 20.4 Å². The minimum Gasteiger partial charge on any atom is -0.367 e. The second-order valence-electron chi connectivity index (χ2n) is 5.28. The van der Waals surface area contributed by atoms with Gasteiger partial charge in [-0.05, 0) is 22.6 Å². The molecular formula is C17H21F3IN3OS. The van der Waals surface area contributed by atoms with Crippen molar-refractivity contribution >= 4 is 41.3 Å². The number of nitrogens with one attached hydrogen (secondary N) is 2. The van der Waals surface area contributed by atoms with Crippen molar-refractivity contribution in [2.75, 3.05) is 13.7 Å². The number of thiophene rings is 1. The van der Waals surface area contributed by atoms with Crippen LogP contribution >= 0.6 is 35.3 Å². The molecule has 0 aliphatic carbocycles. The van der Waals surface area contributed by atoms with Gasteiger partial charge in [0.25, 0.3) is 0 Å². The quantitative estimate of drug-likeness (QED) is 0.339. The third kappa shape index (κ3) is 8.86. The number of ether oxygens (including phenoxy) is 1. The smallest absolute Gasteiger partial charge is 0.367 e. The zero-order valence-electron chi connectivity index (χ0n) is 14.2. The van der Waals surface area contributed by atoms with Crippen LogP contribution in [0.4, 0.5) is 13.2 Å². The molecule has 0 atom stereocenters. The number of aliphatic imine (C=N–C) groups is 1. The predicted molar refractivity (Wildman–Crippen MR) is 109 cm³/mol. The highest BCUT2D eigenvalue weighted by molar-refractivity contribution is 14.0. The Morgan fingerprint density at radius 1 is 1.08 bits per heavy atom. The maximum atomic E-state index is 12.0. The van der Waals surface area contributed by atoms with Crippen molar-refractivity contribution in [1.82, 2.24) is 10.6 Å². The molecule has 0 radical (unpaired) electrons. The molecule has 0 saturated heterocycles. The molecule has 1 aromatic carbocycles. The molecular weight excluding hydrogens is 478 g/mol. The van der Waals surface area contributed by atoms with Gasteiger partial charge in [-0.2, -0.15) is 13.2 Å². The van der Waals surface area contributed by atoms with Crippen LogP contribution in [0.3, 0.4) is 0 Å². The first-order chi connectivity index (χ1) is 12.0. The average Bonchev–Trinajstić information content (AvgIpc) is 3.08. The third-order valence-corrected chi connectivity index (χ3v) is 4.13. The van der Waals surface area contributed by atoms with Crippen molar-refractivity contribution in [3.05, 3.63) is 57.8 Å². The van der Waals surface area contributed by atoms with Gasteiger partial charge in [-0.15, -0.1) is 35.3 Å². The van der Waals surface area contributed by atoms with Crippen LogP contribution < -0.4 is 10.6 Å². The Morgan fingerprint density at radius 2 is 1.73 bits per heavy atom. The molecule has 9 heteroatoms. The first kappa shape index (κ1) is 22.7. The molecule has 2 aromatic rings. The van der Waals surface area contributed by atoms with Gasteiger partial charge in [0.05, 0.1) is 13.2 Å². The summed E-state index contributed by atoms with van der Waals surface area (Å²) < 4.78 is 40.7. The number of guanidine groups is 1. The van der Waals surface area contributed by atoms with Gasteiger partial charge < -0.3 is 15.4 Å². The zero-order valence-corrected chi connectivity index (χ0v) is 17.3. The maximum Gasteiger partial charge on any atom is 0.411 e. The van der Waals surface area contributed by atoms with E-state index in [1.54, 1.807) is 30.5 Å². The van der Waals surface area contributed by atoms with Gasteiger partial charge in [0.15, 0.2) is 5.96 Å². The van der Waals surface area contributed by atoms with Gasteiger partial charge in [-0.25, -0.2) is 0 Å². The van der Waals surface area contributed by atoms with E-state index in [1.165, 1.54) is 4.88 Å². The van der Waals surface area contributed by atoms with Crippen molar-refractivity contribution < 1.29 is 17.9 Å². The van der Waals surface area contributed by atoms with E-state index in [1.807, 2.05) is 29.6 Å². The molecule has 2 rings (SSSR count). The van der Waals surface area contributed by atoms with E-state index in [-0.39, 0.29) is 30.6 Å². The number of alkyl halides is 3. The highest BCUT2D eigenvalue weighted by atomic mass is 127. The largest absolute Gasteiger partial charge is 0.411 e. The van der Waals surface area contributed by atoms with Gasteiger partial charge in [0.2, 0.25) is 0 Å². The van der Waals surface area contributed by atoms with Crippen molar-refractivity contribution in [2.24, 2.45) is 4.99 Å². The van der Waals surface area contributed by atoms with E-state index in [4.69, 9.17) is 0 Å². The van der Waals surface area contributed by atoms with Crippen LogP contribution in [0.15, 0.2) is 46.8 Å². The van der Waals surface area contributed by atoms with E-state index in [9.17, 15) is 13.2 Å². The fourth-order valence-electron chi connectivity index (χ4n) is 2.03. The van der Waals surface area contributed by atoms with Crippen LogP contribution in [-0.2, 0) is 24.4 Å². The van der Waals surface area contributed by atoms with E-state index < -0.39 is 12.8 Å². The summed E-state index contributed by atoms with van der Waals surface area (Å²) in [5, 5.41) is 8.43. The molecule has 0 aliphatic rings. The first-order valence-corrected chi connectivity index (χ1v) is 8.53. The SMILES string of the molecule is CN=C(NCc1ccc(COCC(F)(F)F)cc1)NCc1cccs1.I. The summed E-state index contributed by atoms with van der Waals surface area (Å²) in [7, 11) is 1.70. The Hall–Kier alpha value is -1.33. The molecule has 0 unspecified atom stereocenters. The fourth-order valence-corrected chi connectivity index (χ4v) is 2.67. The van der Waals surface area contributed by atoms with Crippen LogP contribution in [0.1, 0.15) is 16.0 Å². The summed E-state index contributed by atoms with van der Waals surface area (Å²) in [6, 6.07) is 11.3. The normalized spacial score (nSPS) is 11.8. The van der Waals surface area contributed by atoms with Crippen LogP contribution in [0.5, 0.6) is 0 Å². The molecule has 0 amide bonds. The predicted octanol–water partition coefficient (Wildman–Crippen LogP) is 4.31. The van der Waals surface area contributed by atoms with Gasteiger partial charge in [0.1, 0.15) is 6.61 Å². The number of hydrogen-bond donors (Lipinski definition) is 2. The monoisotopic (exact) mass is 499 g/mol. The van der Waals surface area contributed by atoms with Crippen molar-refractivity contribution in [3.8, 4) is 0 Å². The summed E-state index contributed by atoms with van der Waals surface area (Å²) in [5.74, 6) is 0.686. The molecule has 26 heavy (non-hydrogen) atoms. The molecule has 1 heterocycles. The summed E-state index contributed by atoms with van der Waals surface area (Å²) in [6.45, 7) is -0.0274. The number of hydrogen-bond acceptors (Lipinski definition) is 3. The Kier molecular flexibility index (Phi) is 9.96. The van der Waals surface area contributed by atoms with Crippen LogP contribution in [0, 0.1) is 0 Å². The van der Waals surface area contributed by atoms with Gasteiger partial charge in [-0.3, -0.25) is 4.99 Å². The van der Waals surface area contributed by atoms with Crippen molar-refractivity contribution in [3.63, 3.8) is 0 Å². The Balaban J connectivity index is 0.00000338. The number of benzene rings is 1. The Morgan fingerprint density at radius 3 is 2.31 bits per heavy atom. The van der Waals surface area contributed by atoms with E-state index in [0.717, 1.165) is 5.56 Å². The summed E-state index contributed by atoms with van der Waals surface area (Å²) in [4.78, 5) is 5.37. The minimum absolute atomic E-state index is 0. The zero-order chi connectivity index (χ0) is 18.1. The molecule has 1 aromatic heterocycles. The fraction of sp³-hybridized carbons (Fsp3) is 0.353. The molecule has 0 bridgehead atoms. The molecule has 0 saturated carbocycles. The number of rotatable bonds is 7. The lowest BCUT2D eigenvalue weighted by atomic mass is 10.1. The highest BCUT2D eigenvalue weighted by Gasteiger charge is 2.27. The second kappa shape index (κ2) is 11.4. The van der Waals surface area contributed by atoms with Gasteiger partial charge in [-0.1, -0.05) is 30.3 Å². The Bertz CT molecular complexity index is 661. The maximum absolute atomic E-state index is 12.0. The molecule has 4 nitrogen and oxygen atoms in total. The molecule has 144 valence electrons. The Labute approximate surface area is 171 Å². The van der Waals surface area contributed by atoms with Crippen LogP contribution in [-0.4, -0.2) is 25.8 Å². The molecule has 0 spiro atoms. The average molecular weight is 499 g/mol. The van der Waals surface area contributed by atoms with Crippen molar-refractivity contribution in [2.45, 2.75) is 25.9 Å². The summed E-state index contributed by atoms with van der Waals surface area (Å²) in [5.41, 5.74) is 1.70. The van der Waals surface area contributed by atoms with Gasteiger partial charge in [0, 0.05) is 18.5 Å². The van der Waals surface area contributed by atoms with E-state index in [0.29, 0.717) is 24.6 Å². The van der Waals surface area contributed by atoms with Crippen LogP contribution in [0.25, 0.3) is 0 Å².